The number of nitrogens with zero attached hydrogens (tertiary/aromatic N) is 1. The van der Waals surface area contributed by atoms with Gasteiger partial charge in [-0.1, -0.05) is 18.2 Å². The van der Waals surface area contributed by atoms with Gasteiger partial charge in [0, 0.05) is 22.7 Å². The number of halogens is 1. The van der Waals surface area contributed by atoms with Crippen molar-refractivity contribution in [2.45, 2.75) is 25.0 Å². The zero-order valence-corrected chi connectivity index (χ0v) is 13.7. The molecule has 4 rings (SSSR count). The molecule has 6 heteroatoms. The number of fused-ring (bicyclic) bond motifs is 1. The molecule has 0 spiro atoms. The number of hydrogen-bond acceptors (Lipinski definition) is 4. The average Bonchev–Trinajstić information content (AvgIpc) is 3.38. The maximum atomic E-state index is 14.4. The van der Waals surface area contributed by atoms with Crippen LogP contribution in [0.15, 0.2) is 53.5 Å². The number of ether oxygens (including phenoxy) is 1. The lowest BCUT2D eigenvalue weighted by Gasteiger charge is -2.31. The second kappa shape index (κ2) is 5.58. The van der Waals surface area contributed by atoms with E-state index >= 15 is 0 Å². The van der Waals surface area contributed by atoms with Gasteiger partial charge in [-0.05, 0) is 43.7 Å². The normalized spacial score (nSPS) is 26.9. The van der Waals surface area contributed by atoms with Crippen LogP contribution >= 0.6 is 0 Å². The van der Waals surface area contributed by atoms with E-state index in [1.165, 1.54) is 12.1 Å². The van der Waals surface area contributed by atoms with E-state index in [0.29, 0.717) is 16.8 Å². The second-order valence-corrected chi connectivity index (χ2v) is 6.62. The van der Waals surface area contributed by atoms with Crippen molar-refractivity contribution in [3.05, 3.63) is 65.5 Å². The van der Waals surface area contributed by atoms with Gasteiger partial charge in [0.25, 0.3) is 11.9 Å². The minimum Gasteiger partial charge on any atom is -0.461 e. The molecule has 2 aromatic rings. The van der Waals surface area contributed by atoms with Gasteiger partial charge in [0.1, 0.15) is 11.9 Å². The molecule has 0 saturated heterocycles. The zero-order chi connectivity index (χ0) is 17.6. The van der Waals surface area contributed by atoms with E-state index in [2.05, 4.69) is 10.3 Å². The Hall–Kier alpha value is -2.89. The molecule has 0 bridgehead atoms. The standard InChI is InChI=1S/C19H18FN3O2/c1-19(13-9-12(21)7-8-15(13)20)14-10-16(14)25-18(23-19)22-17(24)11-5-3-2-4-6-11/h2-9,14,16H,10,21H2,1H3,(H,22,23,24)/t14?,16?,19-/m0/s1. The van der Waals surface area contributed by atoms with Crippen LogP contribution in [-0.4, -0.2) is 18.0 Å². The van der Waals surface area contributed by atoms with Crippen molar-refractivity contribution in [3.8, 4) is 0 Å². The summed E-state index contributed by atoms with van der Waals surface area (Å²) in [6, 6.07) is 13.4. The molecule has 3 atom stereocenters. The van der Waals surface area contributed by atoms with Crippen molar-refractivity contribution < 1.29 is 13.9 Å². The van der Waals surface area contributed by atoms with Crippen LogP contribution in [-0.2, 0) is 10.3 Å². The third-order valence-corrected chi connectivity index (χ3v) is 4.84. The minimum atomic E-state index is -0.818. The summed E-state index contributed by atoms with van der Waals surface area (Å²) in [5.74, 6) is -0.600. The first-order valence-electron chi connectivity index (χ1n) is 8.16. The van der Waals surface area contributed by atoms with Crippen LogP contribution in [0.1, 0.15) is 29.3 Å². The zero-order valence-electron chi connectivity index (χ0n) is 13.7. The van der Waals surface area contributed by atoms with Crippen molar-refractivity contribution in [1.82, 2.24) is 5.32 Å². The molecule has 1 heterocycles. The van der Waals surface area contributed by atoms with Crippen molar-refractivity contribution >= 4 is 17.6 Å². The fourth-order valence-corrected chi connectivity index (χ4v) is 3.36. The molecule has 0 aromatic heterocycles. The molecule has 1 saturated carbocycles. The van der Waals surface area contributed by atoms with Gasteiger partial charge >= 0.3 is 0 Å². The number of amides is 1. The molecule has 2 aromatic carbocycles. The van der Waals surface area contributed by atoms with E-state index in [4.69, 9.17) is 10.5 Å². The monoisotopic (exact) mass is 339 g/mol. The number of aliphatic imine (C=N–C) groups is 1. The van der Waals surface area contributed by atoms with Gasteiger partial charge in [-0.2, -0.15) is 0 Å². The second-order valence-electron chi connectivity index (χ2n) is 6.62. The first-order chi connectivity index (χ1) is 12.0. The molecule has 2 unspecified atom stereocenters. The lowest BCUT2D eigenvalue weighted by Crippen LogP contribution is -2.41. The average molecular weight is 339 g/mol. The highest BCUT2D eigenvalue weighted by molar-refractivity contribution is 6.04. The smallest absolute Gasteiger partial charge is 0.292 e. The Kier molecular flexibility index (Phi) is 3.49. The molecular weight excluding hydrogens is 321 g/mol. The lowest BCUT2D eigenvalue weighted by atomic mass is 9.86. The fourth-order valence-electron chi connectivity index (χ4n) is 3.36. The summed E-state index contributed by atoms with van der Waals surface area (Å²) in [5.41, 5.74) is 6.42. The number of anilines is 1. The molecule has 0 radical (unpaired) electrons. The fraction of sp³-hybridized carbons (Fsp3) is 0.263. The molecule has 5 nitrogen and oxygen atoms in total. The van der Waals surface area contributed by atoms with Crippen LogP contribution < -0.4 is 11.1 Å². The van der Waals surface area contributed by atoms with Gasteiger partial charge in [-0.15, -0.1) is 0 Å². The number of nitrogens with two attached hydrogens (primary N) is 1. The number of hydrogen-bond donors (Lipinski definition) is 2. The lowest BCUT2D eigenvalue weighted by molar-refractivity contribution is 0.0956. The first-order valence-corrected chi connectivity index (χ1v) is 8.16. The molecule has 2 aliphatic rings. The van der Waals surface area contributed by atoms with E-state index in [-0.39, 0.29) is 29.8 Å². The Labute approximate surface area is 144 Å². The molecule has 25 heavy (non-hydrogen) atoms. The van der Waals surface area contributed by atoms with Crippen molar-refractivity contribution in [3.63, 3.8) is 0 Å². The van der Waals surface area contributed by atoms with Crippen molar-refractivity contribution in [1.29, 1.82) is 0 Å². The summed E-state index contributed by atoms with van der Waals surface area (Å²) in [7, 11) is 0. The number of amidine groups is 1. The van der Waals surface area contributed by atoms with E-state index in [9.17, 15) is 9.18 Å². The van der Waals surface area contributed by atoms with Gasteiger partial charge in [0.15, 0.2) is 0 Å². The van der Waals surface area contributed by atoms with Gasteiger partial charge < -0.3 is 10.5 Å². The quantitative estimate of drug-likeness (QED) is 0.826. The molecule has 1 amide bonds. The predicted octanol–water partition coefficient (Wildman–Crippen LogP) is 2.83. The predicted molar refractivity (Wildman–Crippen MR) is 92.5 cm³/mol. The number of benzene rings is 2. The summed E-state index contributed by atoms with van der Waals surface area (Å²) < 4.78 is 20.1. The number of carbonyl (C=O) groups is 1. The Morgan fingerprint density at radius 1 is 1.32 bits per heavy atom. The van der Waals surface area contributed by atoms with Gasteiger partial charge in [0.05, 0.1) is 5.54 Å². The topological polar surface area (TPSA) is 76.7 Å². The first kappa shape index (κ1) is 15.6. The maximum Gasteiger partial charge on any atom is 0.292 e. The third-order valence-electron chi connectivity index (χ3n) is 4.84. The Bertz CT molecular complexity index is 868. The van der Waals surface area contributed by atoms with E-state index in [1.807, 2.05) is 13.0 Å². The summed E-state index contributed by atoms with van der Waals surface area (Å²) in [6.45, 7) is 1.85. The van der Waals surface area contributed by atoms with Gasteiger partial charge in [-0.3, -0.25) is 10.1 Å². The van der Waals surface area contributed by atoms with E-state index in [0.717, 1.165) is 6.42 Å². The highest BCUT2D eigenvalue weighted by Crippen LogP contribution is 2.53. The van der Waals surface area contributed by atoms with Crippen LogP contribution in [0.2, 0.25) is 0 Å². The van der Waals surface area contributed by atoms with Crippen molar-refractivity contribution in [2.75, 3.05) is 5.73 Å². The summed E-state index contributed by atoms with van der Waals surface area (Å²) in [4.78, 5) is 16.9. The third kappa shape index (κ3) is 2.73. The highest BCUT2D eigenvalue weighted by Gasteiger charge is 2.57. The molecule has 128 valence electrons. The van der Waals surface area contributed by atoms with Gasteiger partial charge in [-0.25, -0.2) is 9.38 Å². The Morgan fingerprint density at radius 3 is 2.84 bits per heavy atom. The number of carbonyl (C=O) groups excluding carboxylic acids is 1. The highest BCUT2D eigenvalue weighted by atomic mass is 19.1. The molecule has 1 aliphatic carbocycles. The van der Waals surface area contributed by atoms with Crippen molar-refractivity contribution in [2.24, 2.45) is 10.9 Å². The summed E-state index contributed by atoms with van der Waals surface area (Å²) >= 11 is 0. The molecule has 3 N–H and O–H groups in total. The number of rotatable bonds is 2. The SMILES string of the molecule is C[C@@]1(c2cc(N)ccc2F)N=C(NC(=O)c2ccccc2)OC2CC21. The van der Waals surface area contributed by atoms with Gasteiger partial charge in [0.2, 0.25) is 0 Å². The number of nitrogens with one attached hydrogen (secondary N) is 1. The Balaban J connectivity index is 1.66. The maximum absolute atomic E-state index is 14.4. The summed E-state index contributed by atoms with van der Waals surface area (Å²) in [5, 5.41) is 2.69. The minimum absolute atomic E-state index is 0.0705. The molecule has 1 aliphatic heterocycles. The van der Waals surface area contributed by atoms with Crippen LogP contribution in [0, 0.1) is 11.7 Å². The van der Waals surface area contributed by atoms with Crippen LogP contribution in [0.3, 0.4) is 0 Å². The van der Waals surface area contributed by atoms with Crippen LogP contribution in [0.5, 0.6) is 0 Å². The largest absolute Gasteiger partial charge is 0.461 e. The van der Waals surface area contributed by atoms with Crippen LogP contribution in [0.4, 0.5) is 10.1 Å². The molecular formula is C19H18FN3O2. The Morgan fingerprint density at radius 2 is 2.08 bits per heavy atom. The van der Waals surface area contributed by atoms with Crippen LogP contribution in [0.25, 0.3) is 0 Å². The van der Waals surface area contributed by atoms with E-state index < -0.39 is 5.54 Å². The molecule has 1 fully saturated rings. The number of nitrogen functional groups attached to an aromatic ring is 1. The summed E-state index contributed by atoms with van der Waals surface area (Å²) in [6.07, 6.45) is 0.688. The van der Waals surface area contributed by atoms with E-state index in [1.54, 1.807) is 30.3 Å².